The monoisotopic (exact) mass is 344 g/mol. The summed E-state index contributed by atoms with van der Waals surface area (Å²) >= 11 is 0. The van der Waals surface area contributed by atoms with E-state index in [0.717, 1.165) is 5.56 Å². The molecule has 3 rings (SSSR count). The Balaban J connectivity index is 1.56. The molecule has 2 amide bonds. The fourth-order valence-corrected chi connectivity index (χ4v) is 3.61. The molecule has 1 N–H and O–H groups in total. The highest BCUT2D eigenvalue weighted by Crippen LogP contribution is 2.25. The van der Waals surface area contributed by atoms with Gasteiger partial charge in [0.1, 0.15) is 0 Å². The summed E-state index contributed by atoms with van der Waals surface area (Å²) in [4.78, 5) is 39.4. The van der Waals surface area contributed by atoms with E-state index in [4.69, 9.17) is 5.11 Å². The van der Waals surface area contributed by atoms with Gasteiger partial charge in [-0.25, -0.2) is 0 Å². The van der Waals surface area contributed by atoms with Crippen molar-refractivity contribution in [1.29, 1.82) is 0 Å². The van der Waals surface area contributed by atoms with Crippen LogP contribution in [-0.4, -0.2) is 52.3 Å². The van der Waals surface area contributed by atoms with Crippen LogP contribution in [-0.2, 0) is 20.9 Å². The average molecular weight is 344 g/mol. The Morgan fingerprint density at radius 2 is 1.76 bits per heavy atom. The molecule has 0 spiro atoms. The van der Waals surface area contributed by atoms with Crippen LogP contribution in [0.3, 0.4) is 0 Å². The molecule has 134 valence electrons. The molecule has 0 bridgehead atoms. The van der Waals surface area contributed by atoms with E-state index in [1.165, 1.54) is 5.56 Å². The van der Waals surface area contributed by atoms with Crippen molar-refractivity contribution in [2.45, 2.75) is 32.7 Å². The molecule has 6 nitrogen and oxygen atoms in total. The van der Waals surface area contributed by atoms with Gasteiger partial charge in [-0.05, 0) is 25.3 Å². The number of piperidine rings is 1. The van der Waals surface area contributed by atoms with E-state index in [-0.39, 0.29) is 30.1 Å². The zero-order chi connectivity index (χ0) is 18.0. The van der Waals surface area contributed by atoms with E-state index in [9.17, 15) is 14.4 Å². The molecule has 25 heavy (non-hydrogen) atoms. The maximum Gasteiger partial charge on any atom is 0.306 e. The summed E-state index contributed by atoms with van der Waals surface area (Å²) in [6, 6.07) is 8.05. The first kappa shape index (κ1) is 17.5. The third-order valence-electron chi connectivity index (χ3n) is 5.21. The fourth-order valence-electron chi connectivity index (χ4n) is 3.61. The highest BCUT2D eigenvalue weighted by Gasteiger charge is 2.38. The zero-order valence-corrected chi connectivity index (χ0v) is 14.5. The van der Waals surface area contributed by atoms with Gasteiger partial charge in [0.25, 0.3) is 0 Å². The molecule has 0 unspecified atom stereocenters. The van der Waals surface area contributed by atoms with Gasteiger partial charge in [0, 0.05) is 32.6 Å². The largest absolute Gasteiger partial charge is 0.481 e. The van der Waals surface area contributed by atoms with Crippen LogP contribution < -0.4 is 0 Å². The van der Waals surface area contributed by atoms with E-state index in [1.807, 2.05) is 31.2 Å². The Kier molecular flexibility index (Phi) is 5.06. The lowest BCUT2D eigenvalue weighted by molar-refractivity contribution is -0.146. The Bertz CT molecular complexity index is 663. The number of carboxylic acid groups (broad SMARTS) is 1. The molecule has 0 aromatic heterocycles. The van der Waals surface area contributed by atoms with Crippen molar-refractivity contribution in [3.8, 4) is 0 Å². The lowest BCUT2D eigenvalue weighted by atomic mass is 9.95. The Hall–Kier alpha value is -2.37. The minimum absolute atomic E-state index is 0.0106. The number of benzene rings is 1. The molecule has 0 radical (unpaired) electrons. The van der Waals surface area contributed by atoms with Gasteiger partial charge in [-0.15, -0.1) is 0 Å². The van der Waals surface area contributed by atoms with Crippen molar-refractivity contribution in [1.82, 2.24) is 9.80 Å². The molecule has 0 aliphatic carbocycles. The van der Waals surface area contributed by atoms with Gasteiger partial charge in [0.15, 0.2) is 0 Å². The van der Waals surface area contributed by atoms with Gasteiger partial charge >= 0.3 is 5.97 Å². The number of carbonyl (C=O) groups is 3. The van der Waals surface area contributed by atoms with Gasteiger partial charge < -0.3 is 14.9 Å². The summed E-state index contributed by atoms with van der Waals surface area (Å²) in [5.41, 5.74) is 2.24. The maximum atomic E-state index is 12.7. The molecular formula is C19H24N2O4. The number of hydrogen-bond acceptors (Lipinski definition) is 3. The van der Waals surface area contributed by atoms with E-state index in [2.05, 4.69) is 0 Å². The normalized spacial score (nSPS) is 21.6. The van der Waals surface area contributed by atoms with Crippen LogP contribution >= 0.6 is 0 Å². The van der Waals surface area contributed by atoms with Crippen LogP contribution in [0.2, 0.25) is 0 Å². The molecule has 6 heteroatoms. The van der Waals surface area contributed by atoms with Gasteiger partial charge in [-0.2, -0.15) is 0 Å². The van der Waals surface area contributed by atoms with Gasteiger partial charge in [0.2, 0.25) is 11.8 Å². The van der Waals surface area contributed by atoms with Crippen LogP contribution in [0.25, 0.3) is 0 Å². The third kappa shape index (κ3) is 4.00. The summed E-state index contributed by atoms with van der Waals surface area (Å²) in [6.45, 7) is 3.94. The predicted octanol–water partition coefficient (Wildman–Crippen LogP) is 1.67. The maximum absolute atomic E-state index is 12.7. The van der Waals surface area contributed by atoms with Crippen molar-refractivity contribution >= 4 is 17.8 Å². The number of hydrogen-bond donors (Lipinski definition) is 1. The molecule has 2 aliphatic rings. The SMILES string of the molecule is Cc1ccc(CN2C[C@H](C(=O)N3CCC(C(=O)O)CC3)CC2=O)cc1. The van der Waals surface area contributed by atoms with Gasteiger partial charge in [-0.3, -0.25) is 14.4 Å². The molecule has 1 aromatic rings. The van der Waals surface area contributed by atoms with Crippen molar-refractivity contribution in [3.63, 3.8) is 0 Å². The Labute approximate surface area is 147 Å². The van der Waals surface area contributed by atoms with Crippen LogP contribution in [0, 0.1) is 18.8 Å². The summed E-state index contributed by atoms with van der Waals surface area (Å²) in [5, 5.41) is 9.05. The van der Waals surface area contributed by atoms with E-state index >= 15 is 0 Å². The van der Waals surface area contributed by atoms with Crippen molar-refractivity contribution < 1.29 is 19.5 Å². The number of carboxylic acids is 1. The number of amides is 2. The van der Waals surface area contributed by atoms with E-state index in [0.29, 0.717) is 39.0 Å². The standard InChI is InChI=1S/C19H24N2O4/c1-13-2-4-14(5-3-13)11-21-12-16(10-17(21)22)18(23)20-8-6-15(7-9-20)19(24)25/h2-5,15-16H,6-12H2,1H3,(H,24,25)/t16-/m1/s1. The molecular weight excluding hydrogens is 320 g/mol. The Morgan fingerprint density at radius 3 is 2.36 bits per heavy atom. The smallest absolute Gasteiger partial charge is 0.306 e. The minimum Gasteiger partial charge on any atom is -0.481 e. The number of carbonyl (C=O) groups excluding carboxylic acids is 2. The summed E-state index contributed by atoms with van der Waals surface area (Å²) in [5.74, 6) is -1.44. The first-order valence-electron chi connectivity index (χ1n) is 8.79. The molecule has 2 heterocycles. The number of aliphatic carboxylic acids is 1. The summed E-state index contributed by atoms with van der Waals surface area (Å²) in [6.07, 6.45) is 1.24. The van der Waals surface area contributed by atoms with Crippen LogP contribution in [0.15, 0.2) is 24.3 Å². The number of rotatable bonds is 4. The fraction of sp³-hybridized carbons (Fsp3) is 0.526. The number of aryl methyl sites for hydroxylation is 1. The van der Waals surface area contributed by atoms with Crippen molar-refractivity contribution in [2.75, 3.05) is 19.6 Å². The van der Waals surface area contributed by atoms with Crippen LogP contribution in [0.1, 0.15) is 30.4 Å². The third-order valence-corrected chi connectivity index (χ3v) is 5.21. The lowest BCUT2D eigenvalue weighted by Crippen LogP contribution is -2.43. The van der Waals surface area contributed by atoms with E-state index < -0.39 is 5.97 Å². The number of nitrogens with zero attached hydrogens (tertiary/aromatic N) is 2. The first-order chi connectivity index (χ1) is 11.9. The molecule has 2 aliphatic heterocycles. The molecule has 2 saturated heterocycles. The second-order valence-corrected chi connectivity index (χ2v) is 7.10. The highest BCUT2D eigenvalue weighted by atomic mass is 16.4. The first-order valence-corrected chi connectivity index (χ1v) is 8.79. The quantitative estimate of drug-likeness (QED) is 0.901. The molecule has 1 atom stereocenters. The second-order valence-electron chi connectivity index (χ2n) is 7.10. The zero-order valence-electron chi connectivity index (χ0n) is 14.5. The van der Waals surface area contributed by atoms with Gasteiger partial charge in [0.05, 0.1) is 11.8 Å². The topological polar surface area (TPSA) is 77.9 Å². The van der Waals surface area contributed by atoms with Crippen molar-refractivity contribution in [2.24, 2.45) is 11.8 Å². The second kappa shape index (κ2) is 7.25. The lowest BCUT2D eigenvalue weighted by Gasteiger charge is -2.31. The van der Waals surface area contributed by atoms with E-state index in [1.54, 1.807) is 9.80 Å². The molecule has 2 fully saturated rings. The van der Waals surface area contributed by atoms with Crippen LogP contribution in [0.5, 0.6) is 0 Å². The summed E-state index contributed by atoms with van der Waals surface area (Å²) < 4.78 is 0. The van der Waals surface area contributed by atoms with Crippen LogP contribution in [0.4, 0.5) is 0 Å². The minimum atomic E-state index is -0.785. The predicted molar refractivity (Wildman–Crippen MR) is 91.6 cm³/mol. The number of likely N-dealkylation sites (tertiary alicyclic amines) is 2. The summed E-state index contributed by atoms with van der Waals surface area (Å²) in [7, 11) is 0. The van der Waals surface area contributed by atoms with Gasteiger partial charge in [-0.1, -0.05) is 29.8 Å². The highest BCUT2D eigenvalue weighted by molar-refractivity contribution is 5.89. The Morgan fingerprint density at radius 1 is 1.12 bits per heavy atom. The van der Waals surface area contributed by atoms with Crippen molar-refractivity contribution in [3.05, 3.63) is 35.4 Å². The molecule has 1 aromatic carbocycles. The molecule has 0 saturated carbocycles. The average Bonchev–Trinajstić information content (AvgIpc) is 2.97.